The third-order valence-corrected chi connectivity index (χ3v) is 5.99. The summed E-state index contributed by atoms with van der Waals surface area (Å²) in [5, 5.41) is 3.02. The van der Waals surface area contributed by atoms with E-state index >= 15 is 0 Å². The van der Waals surface area contributed by atoms with Gasteiger partial charge in [-0.25, -0.2) is 0 Å². The van der Waals surface area contributed by atoms with E-state index in [1.807, 2.05) is 18.2 Å². The quantitative estimate of drug-likeness (QED) is 0.861. The summed E-state index contributed by atoms with van der Waals surface area (Å²) >= 11 is 0. The van der Waals surface area contributed by atoms with Crippen molar-refractivity contribution in [3.05, 3.63) is 30.1 Å². The molecule has 4 heterocycles. The number of hydrogen-bond donors (Lipinski definition) is 1. The number of nitrogens with one attached hydrogen (secondary N) is 1. The Hall–Kier alpha value is -1.50. The summed E-state index contributed by atoms with van der Waals surface area (Å²) in [5.74, 6) is 0.561. The Kier molecular flexibility index (Phi) is 5.82. The Balaban J connectivity index is 1.23. The molecule has 3 aliphatic heterocycles. The Bertz CT molecular complexity index is 591. The van der Waals surface area contributed by atoms with Gasteiger partial charge in [-0.15, -0.1) is 0 Å². The second kappa shape index (κ2) is 8.46. The van der Waals surface area contributed by atoms with Gasteiger partial charge in [0.05, 0.1) is 6.10 Å². The first-order valence-corrected chi connectivity index (χ1v) is 9.94. The van der Waals surface area contributed by atoms with E-state index in [2.05, 4.69) is 15.2 Å². The number of amides is 1. The van der Waals surface area contributed by atoms with Crippen LogP contribution in [0.5, 0.6) is 0 Å². The van der Waals surface area contributed by atoms with Gasteiger partial charge in [0.15, 0.2) is 0 Å². The number of carbonyl (C=O) groups is 1. The maximum atomic E-state index is 12.5. The van der Waals surface area contributed by atoms with E-state index < -0.39 is 0 Å². The van der Waals surface area contributed by atoms with Crippen molar-refractivity contribution in [2.45, 2.75) is 50.4 Å². The van der Waals surface area contributed by atoms with Crippen molar-refractivity contribution in [1.82, 2.24) is 15.2 Å². The lowest BCUT2D eigenvalue weighted by atomic mass is 9.90. The molecular formula is C20H29N3O3. The second-order valence-corrected chi connectivity index (χ2v) is 7.65. The molecular weight excluding hydrogens is 330 g/mol. The van der Waals surface area contributed by atoms with Gasteiger partial charge < -0.3 is 14.8 Å². The lowest BCUT2D eigenvalue weighted by Crippen LogP contribution is -2.49. The smallest absolute Gasteiger partial charge is 0.249 e. The monoisotopic (exact) mass is 359 g/mol. The number of rotatable bonds is 5. The van der Waals surface area contributed by atoms with E-state index in [0.29, 0.717) is 18.5 Å². The molecule has 0 spiro atoms. The maximum absolute atomic E-state index is 12.5. The highest BCUT2D eigenvalue weighted by molar-refractivity contribution is 5.81. The number of nitrogens with zero attached hydrogens (tertiary/aromatic N) is 2. The van der Waals surface area contributed by atoms with Crippen molar-refractivity contribution in [2.24, 2.45) is 5.92 Å². The minimum atomic E-state index is -0.289. The van der Waals surface area contributed by atoms with Crippen molar-refractivity contribution in [3.63, 3.8) is 0 Å². The summed E-state index contributed by atoms with van der Waals surface area (Å²) in [6.07, 6.45) is 6.70. The molecule has 1 aromatic rings. The van der Waals surface area contributed by atoms with Gasteiger partial charge in [-0.3, -0.25) is 14.7 Å². The summed E-state index contributed by atoms with van der Waals surface area (Å²) in [6, 6.07) is 6.48. The Morgan fingerprint density at radius 1 is 1.27 bits per heavy atom. The molecule has 1 aromatic heterocycles. The molecule has 0 aromatic carbocycles. The van der Waals surface area contributed by atoms with E-state index in [1.54, 1.807) is 6.20 Å². The van der Waals surface area contributed by atoms with E-state index in [1.165, 1.54) is 0 Å². The number of likely N-dealkylation sites (tertiary alicyclic amines) is 1. The molecule has 0 bridgehead atoms. The Labute approximate surface area is 155 Å². The number of hydrogen-bond acceptors (Lipinski definition) is 5. The van der Waals surface area contributed by atoms with E-state index in [4.69, 9.17) is 9.47 Å². The molecule has 0 aliphatic carbocycles. The van der Waals surface area contributed by atoms with Gasteiger partial charge in [-0.1, -0.05) is 6.07 Å². The van der Waals surface area contributed by atoms with Gasteiger partial charge >= 0.3 is 0 Å². The normalized spacial score (nSPS) is 30.1. The minimum Gasteiger partial charge on any atom is -0.381 e. The van der Waals surface area contributed by atoms with Crippen molar-refractivity contribution < 1.29 is 14.3 Å². The topological polar surface area (TPSA) is 63.7 Å². The summed E-state index contributed by atoms with van der Waals surface area (Å²) in [4.78, 5) is 19.3. The summed E-state index contributed by atoms with van der Waals surface area (Å²) in [6.45, 7) is 4.45. The van der Waals surface area contributed by atoms with Gasteiger partial charge in [0, 0.05) is 50.7 Å². The average Bonchev–Trinajstić information content (AvgIpc) is 3.13. The lowest BCUT2D eigenvalue weighted by molar-refractivity contribution is -0.133. The predicted octanol–water partition coefficient (Wildman–Crippen LogP) is 1.40. The highest BCUT2D eigenvalue weighted by Crippen LogP contribution is 2.34. The van der Waals surface area contributed by atoms with Gasteiger partial charge in [0.25, 0.3) is 0 Å². The molecule has 3 fully saturated rings. The molecule has 3 saturated heterocycles. The lowest BCUT2D eigenvalue weighted by Gasteiger charge is -2.40. The molecule has 1 amide bonds. The van der Waals surface area contributed by atoms with Crippen molar-refractivity contribution in [2.75, 3.05) is 32.8 Å². The molecule has 1 N–H and O–H groups in total. The zero-order valence-electron chi connectivity index (χ0n) is 15.3. The fourth-order valence-corrected chi connectivity index (χ4v) is 4.48. The minimum absolute atomic E-state index is 0.0351. The second-order valence-electron chi connectivity index (χ2n) is 7.65. The van der Waals surface area contributed by atoms with Crippen LogP contribution in [0, 0.1) is 5.92 Å². The number of fused-ring (bicyclic) bond motifs is 1. The summed E-state index contributed by atoms with van der Waals surface area (Å²) in [5.41, 5.74) is 1.00. The van der Waals surface area contributed by atoms with Crippen molar-refractivity contribution >= 4 is 5.91 Å². The van der Waals surface area contributed by atoms with Gasteiger partial charge in [-0.05, 0) is 50.3 Å². The molecule has 0 unspecified atom stereocenters. The number of aromatic nitrogens is 1. The molecule has 0 saturated carbocycles. The third kappa shape index (κ3) is 4.24. The molecule has 0 radical (unpaired) electrons. The van der Waals surface area contributed by atoms with Crippen LogP contribution in [0.1, 0.15) is 31.4 Å². The number of piperidine rings is 1. The number of carbonyl (C=O) groups excluding carboxylic acids is 1. The highest BCUT2D eigenvalue weighted by Gasteiger charge is 2.42. The maximum Gasteiger partial charge on any atom is 0.249 e. The van der Waals surface area contributed by atoms with E-state index in [9.17, 15) is 4.79 Å². The van der Waals surface area contributed by atoms with Crippen LogP contribution < -0.4 is 5.32 Å². The van der Waals surface area contributed by atoms with Crippen LogP contribution >= 0.6 is 0 Å². The zero-order valence-corrected chi connectivity index (χ0v) is 15.3. The zero-order chi connectivity index (χ0) is 17.8. The fourth-order valence-electron chi connectivity index (χ4n) is 4.48. The average molecular weight is 359 g/mol. The van der Waals surface area contributed by atoms with Gasteiger partial charge in [-0.2, -0.15) is 0 Å². The molecule has 26 heavy (non-hydrogen) atoms. The van der Waals surface area contributed by atoms with Crippen LogP contribution in [0.4, 0.5) is 0 Å². The molecule has 4 rings (SSSR count). The molecule has 3 atom stereocenters. The van der Waals surface area contributed by atoms with Gasteiger partial charge in [0.2, 0.25) is 5.91 Å². The van der Waals surface area contributed by atoms with Crippen LogP contribution in [0.15, 0.2) is 24.4 Å². The van der Waals surface area contributed by atoms with Crippen LogP contribution in [0.2, 0.25) is 0 Å². The third-order valence-electron chi connectivity index (χ3n) is 5.99. The Morgan fingerprint density at radius 3 is 2.96 bits per heavy atom. The first-order chi connectivity index (χ1) is 12.8. The van der Waals surface area contributed by atoms with E-state index in [0.717, 1.165) is 64.1 Å². The Morgan fingerprint density at radius 2 is 2.15 bits per heavy atom. The standard InChI is InChI=1S/C20H29N3O3/c24-20(22-9-4-16-3-1-2-8-21-16)18-13-15-5-10-23(14-19(15)26-18)17-6-11-25-12-7-17/h1-3,8,15,17-19H,4-7,9-14H2,(H,22,24)/t15-,18+,19-/m0/s1. The molecule has 142 valence electrons. The van der Waals surface area contributed by atoms with Gasteiger partial charge in [0.1, 0.15) is 6.10 Å². The van der Waals surface area contributed by atoms with Crippen LogP contribution in [0.25, 0.3) is 0 Å². The first-order valence-electron chi connectivity index (χ1n) is 9.94. The predicted molar refractivity (Wildman–Crippen MR) is 97.7 cm³/mol. The summed E-state index contributed by atoms with van der Waals surface area (Å²) < 4.78 is 11.6. The largest absolute Gasteiger partial charge is 0.381 e. The first kappa shape index (κ1) is 17.9. The van der Waals surface area contributed by atoms with Crippen LogP contribution in [-0.2, 0) is 20.7 Å². The van der Waals surface area contributed by atoms with Crippen molar-refractivity contribution in [1.29, 1.82) is 0 Å². The summed E-state index contributed by atoms with van der Waals surface area (Å²) in [7, 11) is 0. The van der Waals surface area contributed by atoms with E-state index in [-0.39, 0.29) is 18.1 Å². The SMILES string of the molecule is O=C(NCCc1ccccn1)[C@H]1C[C@@H]2CCN(C3CCOCC3)C[C@@H]2O1. The fraction of sp³-hybridized carbons (Fsp3) is 0.700. The molecule has 6 heteroatoms. The van der Waals surface area contributed by atoms with Crippen LogP contribution in [-0.4, -0.2) is 66.9 Å². The molecule has 6 nitrogen and oxygen atoms in total. The highest BCUT2D eigenvalue weighted by atomic mass is 16.5. The number of pyridine rings is 1. The number of ether oxygens (including phenoxy) is 2. The van der Waals surface area contributed by atoms with Crippen molar-refractivity contribution in [3.8, 4) is 0 Å². The van der Waals surface area contributed by atoms with Crippen LogP contribution in [0.3, 0.4) is 0 Å². The molecule has 3 aliphatic rings.